The van der Waals surface area contributed by atoms with E-state index < -0.39 is 6.03 Å². The Morgan fingerprint density at radius 1 is 1.03 bits per heavy atom. The minimum atomic E-state index is -0.398. The van der Waals surface area contributed by atoms with Gasteiger partial charge in [-0.3, -0.25) is 9.78 Å². The number of urea groups is 1. The fourth-order valence-corrected chi connectivity index (χ4v) is 6.03. The van der Waals surface area contributed by atoms with Gasteiger partial charge in [-0.05, 0) is 50.8 Å². The molecule has 2 bridgehead atoms. The third kappa shape index (κ3) is 3.71. The van der Waals surface area contributed by atoms with Gasteiger partial charge in [-0.1, -0.05) is 18.2 Å². The van der Waals surface area contributed by atoms with Gasteiger partial charge >= 0.3 is 6.03 Å². The van der Waals surface area contributed by atoms with Crippen LogP contribution in [0.1, 0.15) is 54.6 Å². The van der Waals surface area contributed by atoms with Crippen molar-refractivity contribution in [1.29, 1.82) is 0 Å². The number of nitrogens with zero attached hydrogens (tertiary/aromatic N) is 5. The van der Waals surface area contributed by atoms with Crippen molar-refractivity contribution in [3.63, 3.8) is 0 Å². The average molecular weight is 500 g/mol. The number of carbonyl (C=O) groups excluding carboxylic acids is 2. The van der Waals surface area contributed by atoms with Crippen LogP contribution in [0.2, 0.25) is 0 Å². The first-order valence-electron chi connectivity index (χ1n) is 12.3. The lowest BCUT2D eigenvalue weighted by molar-refractivity contribution is 0.101. The highest BCUT2D eigenvalue weighted by Gasteiger charge is 2.44. The highest BCUT2D eigenvalue weighted by Crippen LogP contribution is 2.44. The largest absolute Gasteiger partial charge is 0.383 e. The zero-order valence-electron chi connectivity index (χ0n) is 20.3. The summed E-state index contributed by atoms with van der Waals surface area (Å²) in [4.78, 5) is 35.9. The molecule has 9 nitrogen and oxygen atoms in total. The number of amides is 2. The molecule has 6 rings (SSSR count). The van der Waals surface area contributed by atoms with E-state index in [9.17, 15) is 14.0 Å². The van der Waals surface area contributed by atoms with Gasteiger partial charge in [-0.25, -0.2) is 14.2 Å². The Bertz CT molecular complexity index is 1530. The Morgan fingerprint density at radius 2 is 1.76 bits per heavy atom. The van der Waals surface area contributed by atoms with Gasteiger partial charge in [0.1, 0.15) is 11.6 Å². The quantitative estimate of drug-likeness (QED) is 0.405. The highest BCUT2D eigenvalue weighted by molar-refractivity contribution is 6.00. The monoisotopic (exact) mass is 499 g/mol. The van der Waals surface area contributed by atoms with E-state index >= 15 is 0 Å². The Hall–Kier alpha value is -4.34. The van der Waals surface area contributed by atoms with Crippen molar-refractivity contribution in [2.45, 2.75) is 50.6 Å². The van der Waals surface area contributed by atoms with E-state index in [0.29, 0.717) is 46.6 Å². The third-order valence-corrected chi connectivity index (χ3v) is 7.66. The number of fused-ring (bicyclic) bond motifs is 3. The lowest BCUT2D eigenvalue weighted by Crippen LogP contribution is -2.48. The van der Waals surface area contributed by atoms with Crippen LogP contribution in [0.5, 0.6) is 0 Å². The van der Waals surface area contributed by atoms with Crippen LogP contribution in [-0.4, -0.2) is 48.4 Å². The summed E-state index contributed by atoms with van der Waals surface area (Å²) < 4.78 is 15.7. The number of piperidine rings is 1. The maximum atomic E-state index is 14.2. The normalized spacial score (nSPS) is 20.9. The zero-order valence-corrected chi connectivity index (χ0v) is 20.3. The van der Waals surface area contributed by atoms with Crippen molar-refractivity contribution in [3.8, 4) is 22.4 Å². The predicted molar refractivity (Wildman–Crippen MR) is 136 cm³/mol. The van der Waals surface area contributed by atoms with Crippen LogP contribution in [0, 0.1) is 5.82 Å². The van der Waals surface area contributed by atoms with E-state index in [2.05, 4.69) is 10.1 Å². The number of hydrogen-bond donors (Lipinski definition) is 2. The first kappa shape index (κ1) is 23.1. The van der Waals surface area contributed by atoms with E-state index in [1.165, 1.54) is 17.5 Å². The summed E-state index contributed by atoms with van der Waals surface area (Å²) in [7, 11) is 0. The molecule has 0 radical (unpaired) electrons. The summed E-state index contributed by atoms with van der Waals surface area (Å²) >= 11 is 0. The lowest BCUT2D eigenvalue weighted by Gasteiger charge is -2.38. The number of Topliss-reactive ketones (excluding diaryl/α,β-unsaturated/α-hetero) is 1. The van der Waals surface area contributed by atoms with Gasteiger partial charge in [0.25, 0.3) is 0 Å². The minimum Gasteiger partial charge on any atom is -0.383 e. The van der Waals surface area contributed by atoms with E-state index in [0.717, 1.165) is 18.4 Å². The number of benzene rings is 1. The highest BCUT2D eigenvalue weighted by atomic mass is 19.1. The van der Waals surface area contributed by atoms with Crippen molar-refractivity contribution < 1.29 is 14.0 Å². The molecule has 2 amide bonds. The van der Waals surface area contributed by atoms with Crippen molar-refractivity contribution in [3.05, 3.63) is 65.9 Å². The Kier molecular flexibility index (Phi) is 5.40. The van der Waals surface area contributed by atoms with Gasteiger partial charge in [0, 0.05) is 40.9 Å². The Balaban J connectivity index is 1.42. The number of nitrogen functional groups attached to an aromatic ring is 1. The number of primary amides is 1. The van der Waals surface area contributed by atoms with Gasteiger partial charge in [-0.2, -0.15) is 9.61 Å². The predicted octanol–water partition coefficient (Wildman–Crippen LogP) is 4.17. The summed E-state index contributed by atoms with van der Waals surface area (Å²) in [5.74, 6) is -0.326. The molecule has 37 heavy (non-hydrogen) atoms. The average Bonchev–Trinajstić information content (AvgIpc) is 3.42. The molecule has 4 N–H and O–H groups in total. The van der Waals surface area contributed by atoms with Crippen molar-refractivity contribution in [2.24, 2.45) is 5.73 Å². The molecule has 5 heterocycles. The Labute approximate surface area is 212 Å². The van der Waals surface area contributed by atoms with Gasteiger partial charge < -0.3 is 16.4 Å². The van der Waals surface area contributed by atoms with Gasteiger partial charge in [-0.15, -0.1) is 0 Å². The van der Waals surface area contributed by atoms with Crippen molar-refractivity contribution in [2.75, 3.05) is 5.73 Å². The first-order chi connectivity index (χ1) is 17.8. The molecule has 0 spiro atoms. The molecule has 3 aromatic heterocycles. The molecule has 3 atom stereocenters. The van der Waals surface area contributed by atoms with Crippen LogP contribution in [0.25, 0.3) is 28.0 Å². The maximum absolute atomic E-state index is 14.2. The van der Waals surface area contributed by atoms with Crippen LogP contribution in [-0.2, 0) is 0 Å². The summed E-state index contributed by atoms with van der Waals surface area (Å²) in [5, 5.41) is 4.42. The number of carbonyl (C=O) groups is 2. The molecule has 1 aromatic carbocycles. The molecule has 2 aliphatic rings. The molecule has 4 aromatic rings. The molecule has 0 aliphatic carbocycles. The smallest absolute Gasteiger partial charge is 0.315 e. The molecule has 2 fully saturated rings. The summed E-state index contributed by atoms with van der Waals surface area (Å²) in [6, 6.07) is 9.73. The minimum absolute atomic E-state index is 0.0276. The number of hydrogen-bond acceptors (Lipinski definition) is 6. The van der Waals surface area contributed by atoms with Gasteiger partial charge in [0.15, 0.2) is 11.4 Å². The molecule has 2 aliphatic heterocycles. The fourth-order valence-electron chi connectivity index (χ4n) is 6.03. The summed E-state index contributed by atoms with van der Waals surface area (Å²) in [5.41, 5.74) is 16.0. The molecule has 0 unspecified atom stereocenters. The maximum Gasteiger partial charge on any atom is 0.315 e. The second-order valence-corrected chi connectivity index (χ2v) is 9.82. The third-order valence-electron chi connectivity index (χ3n) is 7.66. The number of pyridine rings is 1. The second-order valence-electron chi connectivity index (χ2n) is 9.82. The van der Waals surface area contributed by atoms with Crippen LogP contribution in [0.3, 0.4) is 0 Å². The van der Waals surface area contributed by atoms with Crippen LogP contribution >= 0.6 is 0 Å². The molecule has 188 valence electrons. The van der Waals surface area contributed by atoms with E-state index in [-0.39, 0.29) is 35.4 Å². The van der Waals surface area contributed by atoms with Crippen LogP contribution < -0.4 is 11.5 Å². The number of anilines is 1. The molecule has 2 saturated heterocycles. The Morgan fingerprint density at radius 3 is 2.38 bits per heavy atom. The first-order valence-corrected chi connectivity index (χ1v) is 12.3. The molecular weight excluding hydrogens is 473 g/mol. The second kappa shape index (κ2) is 8.65. The van der Waals surface area contributed by atoms with Crippen LogP contribution in [0.15, 0.2) is 48.8 Å². The van der Waals surface area contributed by atoms with E-state index in [1.54, 1.807) is 41.6 Å². The molecular formula is C27H26FN7O2. The number of aromatic nitrogens is 4. The SMILES string of the molecule is CC(=O)c1c([C@@H]2C[C@H]3CC[C@@H](C2)N3C(N)=O)nc2c(-c3ccc(-c4ccccc4F)nc3)cnn2c1N. The van der Waals surface area contributed by atoms with Crippen molar-refractivity contribution in [1.82, 2.24) is 24.5 Å². The number of ketones is 1. The van der Waals surface area contributed by atoms with E-state index in [4.69, 9.17) is 16.5 Å². The number of rotatable bonds is 4. The van der Waals surface area contributed by atoms with Gasteiger partial charge in [0.05, 0.1) is 23.1 Å². The van der Waals surface area contributed by atoms with Crippen LogP contribution in [0.4, 0.5) is 15.0 Å². The standard InChI is InChI=1S/C27H26FN7O2/c1-14(36)23-24(16-10-17-7-8-18(11-16)34(17)27(30)37)33-26-20(13-32-35(26)25(23)29)15-6-9-22(31-12-15)19-4-2-3-5-21(19)28/h2-6,9,12-13,16-18H,7-8,10-11,29H2,1H3,(H2,30,37)/t16-,17-,18+. The number of nitrogens with two attached hydrogens (primary N) is 2. The molecule has 0 saturated carbocycles. The summed E-state index contributed by atoms with van der Waals surface area (Å²) in [6.45, 7) is 1.48. The molecule has 10 heteroatoms. The van der Waals surface area contributed by atoms with Crippen molar-refractivity contribution >= 4 is 23.3 Å². The number of halogens is 1. The van der Waals surface area contributed by atoms with Gasteiger partial charge in [0.2, 0.25) is 0 Å². The topological polar surface area (TPSA) is 132 Å². The lowest BCUT2D eigenvalue weighted by atomic mass is 9.85. The fraction of sp³-hybridized carbons (Fsp3) is 0.296. The zero-order chi connectivity index (χ0) is 25.8. The van der Waals surface area contributed by atoms with E-state index in [1.807, 2.05) is 6.07 Å². The summed E-state index contributed by atoms with van der Waals surface area (Å²) in [6.07, 6.45) is 6.41.